The van der Waals surface area contributed by atoms with Crippen LogP contribution in [0.3, 0.4) is 0 Å². The van der Waals surface area contributed by atoms with E-state index in [1.165, 1.54) is 5.57 Å². The van der Waals surface area contributed by atoms with Crippen molar-refractivity contribution >= 4 is 40.5 Å². The summed E-state index contributed by atoms with van der Waals surface area (Å²) in [5.41, 5.74) is 8.00. The number of fused-ring (bicyclic) bond motifs is 1. The van der Waals surface area contributed by atoms with Gasteiger partial charge in [0.15, 0.2) is 5.82 Å². The smallest absolute Gasteiger partial charge is 0.241 e. The zero-order chi connectivity index (χ0) is 36.4. The first-order chi connectivity index (χ1) is 25.1. The lowest BCUT2D eigenvalue weighted by Crippen LogP contribution is -2.45. The molecule has 7 rings (SSSR count). The zero-order valence-electron chi connectivity index (χ0n) is 30.5. The third kappa shape index (κ3) is 7.54. The summed E-state index contributed by atoms with van der Waals surface area (Å²) in [6.45, 7) is 11.5. The summed E-state index contributed by atoms with van der Waals surface area (Å²) >= 11 is 1.56. The van der Waals surface area contributed by atoms with Crippen LogP contribution in [0.5, 0.6) is 5.88 Å². The summed E-state index contributed by atoms with van der Waals surface area (Å²) in [4.78, 5) is 45.0. The Morgan fingerprint density at radius 1 is 0.981 bits per heavy atom. The average molecular weight is 719 g/mol. The molecular formula is C40H46N8O3S. The van der Waals surface area contributed by atoms with Gasteiger partial charge in [-0.1, -0.05) is 36.4 Å². The Hall–Kier alpha value is -4.81. The van der Waals surface area contributed by atoms with Crippen molar-refractivity contribution in [3.05, 3.63) is 95.5 Å². The van der Waals surface area contributed by atoms with Crippen LogP contribution < -0.4 is 10.1 Å². The number of amides is 2. The molecule has 11 nitrogen and oxygen atoms in total. The molecule has 0 saturated carbocycles. The minimum atomic E-state index is -0.643. The Morgan fingerprint density at radius 3 is 2.44 bits per heavy atom. The molecule has 3 aliphatic rings. The summed E-state index contributed by atoms with van der Waals surface area (Å²) in [5.74, 6) is 1.36. The highest BCUT2D eigenvalue weighted by atomic mass is 32.2. The van der Waals surface area contributed by atoms with Gasteiger partial charge < -0.3 is 15.0 Å². The van der Waals surface area contributed by atoms with Gasteiger partial charge in [0, 0.05) is 66.9 Å². The van der Waals surface area contributed by atoms with Crippen molar-refractivity contribution in [2.75, 3.05) is 44.3 Å². The van der Waals surface area contributed by atoms with Gasteiger partial charge in [-0.15, -0.1) is 11.8 Å². The second-order valence-corrected chi connectivity index (χ2v) is 15.4. The van der Waals surface area contributed by atoms with E-state index in [9.17, 15) is 9.59 Å². The number of hydrogen-bond acceptors (Lipinski definition) is 9. The molecule has 270 valence electrons. The lowest BCUT2D eigenvalue weighted by molar-refractivity contribution is -0.132. The van der Waals surface area contributed by atoms with Crippen molar-refractivity contribution < 1.29 is 14.3 Å². The van der Waals surface area contributed by atoms with Crippen LogP contribution in [-0.4, -0.2) is 96.9 Å². The van der Waals surface area contributed by atoms with Crippen LogP contribution in [-0.2, 0) is 16.1 Å². The standard InChI is InChI=1S/C40H46N8O3S/c1-26(2)48-25-43-38(45-48)30-8-6-28(7-9-30)29-14-17-47(18-15-29)36(49)23-46-19-16-40(24-46,52-5)39(50)44-33-12-10-31-21-42-37(34(31)20-33)32-11-13-35(41-22-32)51-27(3)4/h6-14,20,22,25-27H,15-19,21,23-24H2,1-5H3,(H,44,50)/t40-/m0/s1. The Morgan fingerprint density at radius 2 is 1.77 bits per heavy atom. The van der Waals surface area contributed by atoms with Crippen LogP contribution in [0.2, 0.25) is 0 Å². The number of aliphatic imine (C=N–C) groups is 1. The van der Waals surface area contributed by atoms with Gasteiger partial charge in [-0.3, -0.25) is 19.5 Å². The van der Waals surface area contributed by atoms with E-state index in [-0.39, 0.29) is 24.0 Å². The van der Waals surface area contributed by atoms with Crippen molar-refractivity contribution in [2.24, 2.45) is 4.99 Å². The largest absolute Gasteiger partial charge is 0.475 e. The third-order valence-corrected chi connectivity index (χ3v) is 11.3. The van der Waals surface area contributed by atoms with Crippen LogP contribution in [0.4, 0.5) is 5.69 Å². The van der Waals surface area contributed by atoms with E-state index in [0.29, 0.717) is 51.6 Å². The molecule has 1 N–H and O–H groups in total. The molecule has 2 aromatic heterocycles. The number of carbonyl (C=O) groups is 2. The monoisotopic (exact) mass is 718 g/mol. The molecule has 4 aromatic rings. The number of benzene rings is 2. The van der Waals surface area contributed by atoms with E-state index in [4.69, 9.17) is 9.73 Å². The first kappa shape index (κ1) is 35.6. The molecule has 1 saturated heterocycles. The summed E-state index contributed by atoms with van der Waals surface area (Å²) in [6.07, 6.45) is 9.22. The number of nitrogens with zero attached hydrogens (tertiary/aromatic N) is 7. The van der Waals surface area contributed by atoms with E-state index in [1.54, 1.807) is 24.3 Å². The molecule has 0 bridgehead atoms. The maximum Gasteiger partial charge on any atom is 0.241 e. The number of pyridine rings is 1. The molecule has 2 aromatic carbocycles. The van der Waals surface area contributed by atoms with E-state index >= 15 is 0 Å². The van der Waals surface area contributed by atoms with Crippen LogP contribution in [0.25, 0.3) is 17.0 Å². The molecule has 0 radical (unpaired) electrons. The quantitative estimate of drug-likeness (QED) is 0.197. The fourth-order valence-corrected chi connectivity index (χ4v) is 7.80. The van der Waals surface area contributed by atoms with E-state index in [0.717, 1.165) is 51.5 Å². The van der Waals surface area contributed by atoms with Gasteiger partial charge in [0.25, 0.3) is 0 Å². The lowest BCUT2D eigenvalue weighted by atomic mass is 9.98. The van der Waals surface area contributed by atoms with Gasteiger partial charge >= 0.3 is 0 Å². The first-order valence-electron chi connectivity index (χ1n) is 18.0. The summed E-state index contributed by atoms with van der Waals surface area (Å²) in [6, 6.07) is 18.4. The van der Waals surface area contributed by atoms with Gasteiger partial charge in [0.2, 0.25) is 17.7 Å². The second-order valence-electron chi connectivity index (χ2n) is 14.2. The molecule has 5 heterocycles. The van der Waals surface area contributed by atoms with E-state index < -0.39 is 4.75 Å². The summed E-state index contributed by atoms with van der Waals surface area (Å²) in [5, 5.41) is 7.77. The molecule has 0 aliphatic carbocycles. The number of aromatic nitrogens is 4. The predicted octanol–water partition coefficient (Wildman–Crippen LogP) is 6.12. The third-order valence-electron chi connectivity index (χ3n) is 9.98. The highest BCUT2D eigenvalue weighted by Gasteiger charge is 2.45. The Labute approximate surface area is 309 Å². The Kier molecular flexibility index (Phi) is 10.3. The van der Waals surface area contributed by atoms with Crippen LogP contribution >= 0.6 is 11.8 Å². The minimum absolute atomic E-state index is 0.0381. The average Bonchev–Trinajstić information content (AvgIpc) is 3.91. The maximum absolute atomic E-state index is 13.9. The molecule has 3 aliphatic heterocycles. The number of likely N-dealkylation sites (tertiary alicyclic amines) is 1. The molecule has 1 atom stereocenters. The van der Waals surface area contributed by atoms with Crippen molar-refractivity contribution in [1.29, 1.82) is 0 Å². The van der Waals surface area contributed by atoms with Gasteiger partial charge in [0.1, 0.15) is 11.1 Å². The number of rotatable bonds is 11. The normalized spacial score (nSPS) is 18.8. The van der Waals surface area contributed by atoms with Gasteiger partial charge in [-0.05, 0) is 81.7 Å². The predicted molar refractivity (Wildman–Crippen MR) is 207 cm³/mol. The molecule has 0 spiro atoms. The Balaban J connectivity index is 0.934. The Bertz CT molecular complexity index is 2000. The van der Waals surface area contributed by atoms with Crippen LogP contribution in [0, 0.1) is 0 Å². The van der Waals surface area contributed by atoms with Crippen molar-refractivity contribution in [3.8, 4) is 17.3 Å². The number of thioether (sulfide) groups is 1. The van der Waals surface area contributed by atoms with E-state index in [2.05, 4.69) is 69.5 Å². The van der Waals surface area contributed by atoms with Crippen molar-refractivity contribution in [2.45, 2.75) is 64.0 Å². The number of anilines is 1. The number of nitrogens with one attached hydrogen (secondary N) is 1. The van der Waals surface area contributed by atoms with Crippen molar-refractivity contribution in [3.63, 3.8) is 0 Å². The lowest BCUT2D eigenvalue weighted by Gasteiger charge is -2.29. The van der Waals surface area contributed by atoms with Crippen LogP contribution in [0.15, 0.2) is 78.2 Å². The summed E-state index contributed by atoms with van der Waals surface area (Å²) in [7, 11) is 0. The zero-order valence-corrected chi connectivity index (χ0v) is 31.3. The second kappa shape index (κ2) is 15.0. The minimum Gasteiger partial charge on any atom is -0.475 e. The molecule has 1 fully saturated rings. The molecule has 12 heteroatoms. The molecule has 2 amide bonds. The number of carbonyl (C=O) groups excluding carboxylic acids is 2. The van der Waals surface area contributed by atoms with Crippen molar-refractivity contribution in [1.82, 2.24) is 29.5 Å². The molecule has 52 heavy (non-hydrogen) atoms. The fraction of sp³-hybridized carbons (Fsp3) is 0.400. The molecule has 0 unspecified atom stereocenters. The van der Waals surface area contributed by atoms with Crippen LogP contribution in [0.1, 0.15) is 68.8 Å². The fourth-order valence-electron chi connectivity index (χ4n) is 6.96. The number of hydrogen-bond donors (Lipinski definition) is 1. The van der Waals surface area contributed by atoms with Gasteiger partial charge in [-0.25, -0.2) is 14.6 Å². The highest BCUT2D eigenvalue weighted by Crippen LogP contribution is 2.36. The SMILES string of the molecule is CS[C@@]1(C(=O)Nc2ccc3c(c2)C(c2ccc(OC(C)C)nc2)=NC3)CCN(CC(=O)N2CC=C(c3ccc(-c4ncn(C(C)C)n4)cc3)CC2)C1. The number of ether oxygens (including phenoxy) is 1. The summed E-state index contributed by atoms with van der Waals surface area (Å²) < 4.78 is 6.92. The topological polar surface area (TPSA) is 118 Å². The highest BCUT2D eigenvalue weighted by molar-refractivity contribution is 8.00. The first-order valence-corrected chi connectivity index (χ1v) is 19.2. The van der Waals surface area contributed by atoms with Gasteiger partial charge in [-0.2, -0.15) is 5.10 Å². The van der Waals surface area contributed by atoms with E-state index in [1.807, 2.05) is 60.0 Å². The molecular weight excluding hydrogens is 673 g/mol. The maximum atomic E-state index is 13.9. The van der Waals surface area contributed by atoms with Gasteiger partial charge in [0.05, 0.1) is 24.9 Å².